The Morgan fingerprint density at radius 1 is 1.27 bits per heavy atom. The molecule has 0 aliphatic carbocycles. The minimum atomic E-state index is -0.231. The molecule has 2 aliphatic heterocycles. The molecule has 1 aromatic carbocycles. The summed E-state index contributed by atoms with van der Waals surface area (Å²) in [5, 5.41) is 0.435. The smallest absolute Gasteiger partial charge is 0.222 e. The van der Waals surface area contributed by atoms with Crippen molar-refractivity contribution in [3.8, 4) is 0 Å². The molecule has 0 N–H and O–H groups in total. The van der Waals surface area contributed by atoms with Crippen molar-refractivity contribution in [2.24, 2.45) is 5.41 Å². The van der Waals surface area contributed by atoms with Gasteiger partial charge in [0, 0.05) is 50.4 Å². The normalized spacial score (nSPS) is 20.7. The lowest BCUT2D eigenvalue weighted by atomic mass is 9.72. The molecule has 1 amide bonds. The minimum absolute atomic E-state index is 0.231. The van der Waals surface area contributed by atoms with E-state index in [1.807, 2.05) is 4.90 Å². The van der Waals surface area contributed by atoms with E-state index in [0.29, 0.717) is 30.2 Å². The van der Waals surface area contributed by atoms with Gasteiger partial charge < -0.3 is 9.64 Å². The average Bonchev–Trinajstić information content (AvgIpc) is 2.63. The maximum Gasteiger partial charge on any atom is 0.222 e. The molecule has 3 rings (SSSR count). The number of carbonyl (C=O) groups excluding carboxylic acids is 1. The molecule has 2 fully saturated rings. The number of carbonyl (C=O) groups is 1. The van der Waals surface area contributed by atoms with E-state index >= 15 is 0 Å². The number of benzene rings is 1. The average molecular weight is 383 g/mol. The van der Waals surface area contributed by atoms with Crippen LogP contribution in [0.3, 0.4) is 0 Å². The Labute approximate surface area is 160 Å². The zero-order valence-electron chi connectivity index (χ0n) is 15.5. The third-order valence-electron chi connectivity index (χ3n) is 5.85. The molecule has 1 spiro atoms. The van der Waals surface area contributed by atoms with E-state index in [1.54, 1.807) is 19.2 Å². The van der Waals surface area contributed by atoms with Gasteiger partial charge in [0.25, 0.3) is 0 Å². The predicted molar refractivity (Wildman–Crippen MR) is 101 cm³/mol. The van der Waals surface area contributed by atoms with Gasteiger partial charge in [-0.15, -0.1) is 0 Å². The van der Waals surface area contributed by atoms with Crippen molar-refractivity contribution in [2.75, 3.05) is 39.9 Å². The Morgan fingerprint density at radius 3 is 2.73 bits per heavy atom. The fourth-order valence-corrected chi connectivity index (χ4v) is 4.35. The minimum Gasteiger partial charge on any atom is -0.385 e. The van der Waals surface area contributed by atoms with Crippen LogP contribution in [0.5, 0.6) is 0 Å². The number of ether oxygens (including phenoxy) is 1. The highest BCUT2D eigenvalue weighted by molar-refractivity contribution is 6.30. The largest absolute Gasteiger partial charge is 0.385 e. The fraction of sp³-hybridized carbons (Fsp3) is 0.650. The number of hydrogen-bond acceptors (Lipinski definition) is 3. The summed E-state index contributed by atoms with van der Waals surface area (Å²) in [6.07, 6.45) is 4.65. The number of piperidine rings is 2. The first kappa shape index (κ1) is 19.6. The topological polar surface area (TPSA) is 32.8 Å². The summed E-state index contributed by atoms with van der Waals surface area (Å²) in [4.78, 5) is 16.5. The number of amides is 1. The van der Waals surface area contributed by atoms with E-state index in [4.69, 9.17) is 16.3 Å². The van der Waals surface area contributed by atoms with Crippen LogP contribution in [-0.2, 0) is 16.1 Å². The molecule has 0 unspecified atom stereocenters. The van der Waals surface area contributed by atoms with Crippen LogP contribution in [0.25, 0.3) is 0 Å². The number of hydrogen-bond donors (Lipinski definition) is 0. The highest BCUT2D eigenvalue weighted by Gasteiger charge is 2.40. The molecule has 0 atom stereocenters. The molecule has 26 heavy (non-hydrogen) atoms. The maximum atomic E-state index is 14.0. The SMILES string of the molecule is COCCCN1CC2(CCC1=O)CCN(Cc1ccc(Cl)cc1F)CC2. The van der Waals surface area contributed by atoms with Crippen molar-refractivity contribution in [3.63, 3.8) is 0 Å². The second kappa shape index (κ2) is 8.68. The Kier molecular flexibility index (Phi) is 6.54. The Hall–Kier alpha value is -1.17. The highest BCUT2D eigenvalue weighted by Crippen LogP contribution is 2.40. The Balaban J connectivity index is 1.54. The summed E-state index contributed by atoms with van der Waals surface area (Å²) in [6.45, 7) is 4.85. The van der Waals surface area contributed by atoms with Gasteiger partial charge in [0.05, 0.1) is 0 Å². The number of halogens is 2. The van der Waals surface area contributed by atoms with Crippen LogP contribution in [0.15, 0.2) is 18.2 Å². The molecule has 144 valence electrons. The van der Waals surface area contributed by atoms with Crippen LogP contribution in [0.2, 0.25) is 5.02 Å². The van der Waals surface area contributed by atoms with Crippen LogP contribution >= 0.6 is 11.6 Å². The first-order chi connectivity index (χ1) is 12.5. The van der Waals surface area contributed by atoms with Crippen molar-refractivity contribution in [1.82, 2.24) is 9.80 Å². The molecule has 2 aliphatic rings. The van der Waals surface area contributed by atoms with Crippen molar-refractivity contribution in [2.45, 2.75) is 38.6 Å². The summed E-state index contributed by atoms with van der Waals surface area (Å²) >= 11 is 5.83. The number of methoxy groups -OCH3 is 1. The molecule has 2 heterocycles. The molecule has 4 nitrogen and oxygen atoms in total. The first-order valence-corrected chi connectivity index (χ1v) is 9.82. The van der Waals surface area contributed by atoms with Crippen molar-refractivity contribution in [1.29, 1.82) is 0 Å². The van der Waals surface area contributed by atoms with Gasteiger partial charge in [0.1, 0.15) is 5.82 Å². The number of likely N-dealkylation sites (tertiary alicyclic amines) is 2. The molecule has 0 bridgehead atoms. The van der Waals surface area contributed by atoms with Gasteiger partial charge in [-0.1, -0.05) is 17.7 Å². The van der Waals surface area contributed by atoms with Crippen molar-refractivity contribution >= 4 is 17.5 Å². The first-order valence-electron chi connectivity index (χ1n) is 9.44. The third-order valence-corrected chi connectivity index (χ3v) is 6.09. The lowest BCUT2D eigenvalue weighted by molar-refractivity contribution is -0.139. The summed E-state index contributed by atoms with van der Waals surface area (Å²) < 4.78 is 19.1. The summed E-state index contributed by atoms with van der Waals surface area (Å²) in [7, 11) is 1.69. The summed E-state index contributed by atoms with van der Waals surface area (Å²) in [5.41, 5.74) is 0.932. The van der Waals surface area contributed by atoms with E-state index in [2.05, 4.69) is 4.90 Å². The molecular weight excluding hydrogens is 355 g/mol. The summed E-state index contributed by atoms with van der Waals surface area (Å²) in [6, 6.07) is 4.90. The monoisotopic (exact) mass is 382 g/mol. The van der Waals surface area contributed by atoms with Crippen LogP contribution in [0.1, 0.15) is 37.7 Å². The molecule has 6 heteroatoms. The quantitative estimate of drug-likeness (QED) is 0.703. The van der Waals surface area contributed by atoms with Gasteiger partial charge in [0.15, 0.2) is 0 Å². The van der Waals surface area contributed by atoms with Gasteiger partial charge in [-0.05, 0) is 56.3 Å². The standard InChI is InChI=1S/C20H28ClFN2O2/c1-26-12-2-9-24-15-20(6-5-19(24)25)7-10-23(11-8-20)14-16-3-4-17(21)13-18(16)22/h3-4,13H,2,5-12,14-15H2,1H3. The van der Waals surface area contributed by atoms with Gasteiger partial charge in [-0.3, -0.25) is 9.69 Å². The molecule has 2 saturated heterocycles. The van der Waals surface area contributed by atoms with Gasteiger partial charge in [-0.25, -0.2) is 4.39 Å². The number of nitrogens with zero attached hydrogens (tertiary/aromatic N) is 2. The third kappa shape index (κ3) is 4.76. The lowest BCUT2D eigenvalue weighted by Gasteiger charge is -2.47. The van der Waals surface area contributed by atoms with Gasteiger partial charge >= 0.3 is 0 Å². The second-order valence-corrected chi connectivity index (χ2v) is 8.11. The Bertz CT molecular complexity index is 632. The maximum absolute atomic E-state index is 14.0. The predicted octanol–water partition coefficient (Wildman–Crippen LogP) is 3.72. The van der Waals surface area contributed by atoms with Gasteiger partial charge in [-0.2, -0.15) is 0 Å². The van der Waals surface area contributed by atoms with Crippen molar-refractivity contribution < 1.29 is 13.9 Å². The van der Waals surface area contributed by atoms with Crippen LogP contribution in [0.4, 0.5) is 4.39 Å². The molecule has 1 aromatic rings. The molecule has 0 saturated carbocycles. The van der Waals surface area contributed by atoms with Crippen LogP contribution < -0.4 is 0 Å². The zero-order valence-corrected chi connectivity index (χ0v) is 16.2. The summed E-state index contributed by atoms with van der Waals surface area (Å²) in [5.74, 6) is 0.0442. The highest BCUT2D eigenvalue weighted by atomic mass is 35.5. The molecule has 0 radical (unpaired) electrons. The Morgan fingerprint density at radius 2 is 2.04 bits per heavy atom. The fourth-order valence-electron chi connectivity index (χ4n) is 4.19. The van der Waals surface area contributed by atoms with Crippen LogP contribution in [0, 0.1) is 11.2 Å². The van der Waals surface area contributed by atoms with E-state index < -0.39 is 0 Å². The van der Waals surface area contributed by atoms with E-state index in [9.17, 15) is 9.18 Å². The zero-order chi connectivity index (χ0) is 18.6. The molecule has 0 aromatic heterocycles. The van der Waals surface area contributed by atoms with E-state index in [0.717, 1.165) is 51.9 Å². The van der Waals surface area contributed by atoms with E-state index in [1.165, 1.54) is 6.07 Å². The lowest BCUT2D eigenvalue weighted by Crippen LogP contribution is -2.51. The number of rotatable bonds is 6. The van der Waals surface area contributed by atoms with Crippen molar-refractivity contribution in [3.05, 3.63) is 34.6 Å². The molecular formula is C20H28ClFN2O2. The van der Waals surface area contributed by atoms with E-state index in [-0.39, 0.29) is 17.1 Å². The van der Waals surface area contributed by atoms with Gasteiger partial charge in [0.2, 0.25) is 5.91 Å². The second-order valence-electron chi connectivity index (χ2n) is 7.67. The van der Waals surface area contributed by atoms with Crippen LogP contribution in [-0.4, -0.2) is 55.6 Å².